The van der Waals surface area contributed by atoms with Gasteiger partial charge in [0.25, 0.3) is 5.91 Å². The molecule has 0 bridgehead atoms. The Hall–Kier alpha value is -3.00. The van der Waals surface area contributed by atoms with Crippen LogP contribution in [0.5, 0.6) is 0 Å². The maximum absolute atomic E-state index is 12.9. The molecule has 1 aromatic carbocycles. The first-order chi connectivity index (χ1) is 15.0. The number of carbonyl (C=O) groups excluding carboxylic acids is 2. The van der Waals surface area contributed by atoms with Crippen LogP contribution in [0.25, 0.3) is 10.2 Å². The van der Waals surface area contributed by atoms with Crippen molar-refractivity contribution in [1.29, 1.82) is 0 Å². The third-order valence-corrected chi connectivity index (χ3v) is 6.90. The number of hydrogen-bond acceptors (Lipinski definition) is 6. The van der Waals surface area contributed by atoms with Gasteiger partial charge in [-0.25, -0.2) is 9.97 Å². The summed E-state index contributed by atoms with van der Waals surface area (Å²) in [6.45, 7) is 6.81. The lowest BCUT2D eigenvalue weighted by atomic mass is 10.1. The van der Waals surface area contributed by atoms with Crippen molar-refractivity contribution in [2.45, 2.75) is 39.7 Å². The first-order valence-electron chi connectivity index (χ1n) is 10.6. The van der Waals surface area contributed by atoms with Gasteiger partial charge in [-0.1, -0.05) is 24.3 Å². The van der Waals surface area contributed by atoms with E-state index < -0.39 is 0 Å². The molecule has 4 rings (SSSR count). The van der Waals surface area contributed by atoms with E-state index in [2.05, 4.69) is 20.6 Å². The summed E-state index contributed by atoms with van der Waals surface area (Å²) in [6.07, 6.45) is 4.01. The van der Waals surface area contributed by atoms with Crippen molar-refractivity contribution in [2.75, 3.05) is 25.0 Å². The molecule has 2 aromatic heterocycles. The van der Waals surface area contributed by atoms with Gasteiger partial charge in [-0.2, -0.15) is 0 Å². The highest BCUT2D eigenvalue weighted by Crippen LogP contribution is 2.33. The van der Waals surface area contributed by atoms with E-state index in [0.29, 0.717) is 24.4 Å². The Morgan fingerprint density at radius 2 is 2.06 bits per heavy atom. The lowest BCUT2D eigenvalue weighted by molar-refractivity contribution is -0.127. The van der Waals surface area contributed by atoms with Gasteiger partial charge < -0.3 is 15.5 Å². The molecular formula is C23H27N5O2S. The zero-order valence-electron chi connectivity index (χ0n) is 17.9. The second-order valence-electron chi connectivity index (χ2n) is 7.83. The number of anilines is 1. The fourth-order valence-corrected chi connectivity index (χ4v) is 4.97. The molecule has 2 amide bonds. The first-order valence-corrected chi connectivity index (χ1v) is 11.4. The molecule has 7 nitrogen and oxygen atoms in total. The Balaban J connectivity index is 1.42. The maximum atomic E-state index is 12.9. The van der Waals surface area contributed by atoms with E-state index in [0.717, 1.165) is 58.7 Å². The van der Waals surface area contributed by atoms with Crippen LogP contribution in [0.15, 0.2) is 30.6 Å². The Morgan fingerprint density at radius 3 is 2.84 bits per heavy atom. The number of hydrogen-bond donors (Lipinski definition) is 2. The molecule has 1 aliphatic heterocycles. The van der Waals surface area contributed by atoms with Gasteiger partial charge in [-0.05, 0) is 43.4 Å². The standard InChI is InChI=1S/C23H27N5O2S/c1-15-7-3-4-8-17(15)13-25-22(30)20-16(2)19-21(26-14-27-23(19)31-20)24-10-6-12-28-11-5-9-18(28)29/h3-4,7-8,14H,5-6,9-13H2,1-2H3,(H,25,30)(H,24,26,27). The van der Waals surface area contributed by atoms with Crippen molar-refractivity contribution in [1.82, 2.24) is 20.2 Å². The molecule has 0 atom stereocenters. The van der Waals surface area contributed by atoms with E-state index in [1.54, 1.807) is 0 Å². The van der Waals surface area contributed by atoms with Crippen molar-refractivity contribution in [3.63, 3.8) is 0 Å². The van der Waals surface area contributed by atoms with Gasteiger partial charge in [0.2, 0.25) is 5.91 Å². The van der Waals surface area contributed by atoms with Crippen molar-refractivity contribution >= 4 is 39.2 Å². The second kappa shape index (κ2) is 9.43. The van der Waals surface area contributed by atoms with E-state index in [1.807, 2.05) is 43.0 Å². The highest BCUT2D eigenvalue weighted by molar-refractivity contribution is 7.20. The summed E-state index contributed by atoms with van der Waals surface area (Å²) in [4.78, 5) is 36.8. The lowest BCUT2D eigenvalue weighted by Crippen LogP contribution is -2.27. The zero-order valence-corrected chi connectivity index (χ0v) is 18.7. The average Bonchev–Trinajstić information content (AvgIpc) is 3.33. The molecule has 0 saturated carbocycles. The van der Waals surface area contributed by atoms with E-state index >= 15 is 0 Å². The molecule has 8 heteroatoms. The molecule has 3 aromatic rings. The Labute approximate surface area is 185 Å². The fourth-order valence-electron chi connectivity index (χ4n) is 3.90. The molecule has 162 valence electrons. The van der Waals surface area contributed by atoms with Crippen molar-refractivity contribution in [3.05, 3.63) is 52.2 Å². The number of amides is 2. The molecular weight excluding hydrogens is 410 g/mol. The van der Waals surface area contributed by atoms with Crippen LogP contribution in [0.2, 0.25) is 0 Å². The molecule has 1 saturated heterocycles. The highest BCUT2D eigenvalue weighted by Gasteiger charge is 2.20. The summed E-state index contributed by atoms with van der Waals surface area (Å²) in [6, 6.07) is 8.04. The first kappa shape index (κ1) is 21.2. The topological polar surface area (TPSA) is 87.2 Å². The molecule has 2 N–H and O–H groups in total. The molecule has 1 aliphatic rings. The normalized spacial score (nSPS) is 13.7. The highest BCUT2D eigenvalue weighted by atomic mass is 32.1. The number of nitrogens with one attached hydrogen (secondary N) is 2. The predicted molar refractivity (Wildman–Crippen MR) is 123 cm³/mol. The molecule has 1 fully saturated rings. The lowest BCUT2D eigenvalue weighted by Gasteiger charge is -2.15. The van der Waals surface area contributed by atoms with Crippen LogP contribution < -0.4 is 10.6 Å². The van der Waals surface area contributed by atoms with E-state index in [1.165, 1.54) is 17.7 Å². The largest absolute Gasteiger partial charge is 0.369 e. The predicted octanol–water partition coefficient (Wildman–Crippen LogP) is 3.66. The zero-order chi connectivity index (χ0) is 21.8. The van der Waals surface area contributed by atoms with Crippen LogP contribution in [0.4, 0.5) is 5.82 Å². The quantitative estimate of drug-likeness (QED) is 0.525. The number of aromatic nitrogens is 2. The van der Waals surface area contributed by atoms with Gasteiger partial charge >= 0.3 is 0 Å². The van der Waals surface area contributed by atoms with Gasteiger partial charge in [-0.3, -0.25) is 9.59 Å². The maximum Gasteiger partial charge on any atom is 0.261 e. The third-order valence-electron chi connectivity index (χ3n) is 5.70. The number of fused-ring (bicyclic) bond motifs is 1. The second-order valence-corrected chi connectivity index (χ2v) is 8.83. The van der Waals surface area contributed by atoms with Gasteiger partial charge in [0.1, 0.15) is 17.0 Å². The average molecular weight is 438 g/mol. The minimum absolute atomic E-state index is 0.0951. The van der Waals surface area contributed by atoms with Gasteiger partial charge in [0, 0.05) is 32.6 Å². The van der Waals surface area contributed by atoms with Crippen molar-refractivity contribution in [3.8, 4) is 0 Å². The van der Waals surface area contributed by atoms with Gasteiger partial charge in [0.15, 0.2) is 0 Å². The number of benzene rings is 1. The number of nitrogens with zero attached hydrogens (tertiary/aromatic N) is 3. The van der Waals surface area contributed by atoms with E-state index in [-0.39, 0.29) is 11.8 Å². The van der Waals surface area contributed by atoms with Gasteiger partial charge in [-0.15, -0.1) is 11.3 Å². The van der Waals surface area contributed by atoms with Crippen LogP contribution >= 0.6 is 11.3 Å². The SMILES string of the molecule is Cc1ccccc1CNC(=O)c1sc2ncnc(NCCCN3CCCC3=O)c2c1C. The van der Waals surface area contributed by atoms with Crippen LogP contribution in [-0.2, 0) is 11.3 Å². The molecule has 3 heterocycles. The minimum Gasteiger partial charge on any atom is -0.369 e. The number of rotatable bonds is 8. The van der Waals surface area contributed by atoms with Crippen molar-refractivity contribution in [2.24, 2.45) is 0 Å². The number of likely N-dealkylation sites (tertiary alicyclic amines) is 1. The third kappa shape index (κ3) is 4.69. The Morgan fingerprint density at radius 1 is 1.23 bits per heavy atom. The summed E-state index contributed by atoms with van der Waals surface area (Å²) >= 11 is 1.39. The summed E-state index contributed by atoms with van der Waals surface area (Å²) < 4.78 is 0. The molecule has 31 heavy (non-hydrogen) atoms. The van der Waals surface area contributed by atoms with Crippen LogP contribution in [0, 0.1) is 13.8 Å². The Bertz CT molecular complexity index is 1110. The summed E-state index contributed by atoms with van der Waals surface area (Å²) in [5.41, 5.74) is 3.15. The van der Waals surface area contributed by atoms with Crippen LogP contribution in [0.1, 0.15) is 45.6 Å². The van der Waals surface area contributed by atoms with Crippen LogP contribution in [0.3, 0.4) is 0 Å². The van der Waals surface area contributed by atoms with E-state index in [4.69, 9.17) is 0 Å². The van der Waals surface area contributed by atoms with Crippen LogP contribution in [-0.4, -0.2) is 46.3 Å². The number of thiophene rings is 1. The Kier molecular flexibility index (Phi) is 6.46. The van der Waals surface area contributed by atoms with Gasteiger partial charge in [0.05, 0.1) is 10.3 Å². The fraction of sp³-hybridized carbons (Fsp3) is 0.391. The molecule has 0 spiro atoms. The summed E-state index contributed by atoms with van der Waals surface area (Å²) in [5, 5.41) is 7.30. The van der Waals surface area contributed by atoms with E-state index in [9.17, 15) is 9.59 Å². The number of carbonyl (C=O) groups is 2. The summed E-state index contributed by atoms with van der Waals surface area (Å²) in [7, 11) is 0. The smallest absolute Gasteiger partial charge is 0.261 e. The number of aryl methyl sites for hydroxylation is 2. The molecule has 0 radical (unpaired) electrons. The van der Waals surface area contributed by atoms with Crippen molar-refractivity contribution < 1.29 is 9.59 Å². The summed E-state index contributed by atoms with van der Waals surface area (Å²) in [5.74, 6) is 0.895. The molecule has 0 aliphatic carbocycles. The minimum atomic E-state index is -0.0951. The molecule has 0 unspecified atom stereocenters. The monoisotopic (exact) mass is 437 g/mol.